The first-order valence-corrected chi connectivity index (χ1v) is 11.9. The molecule has 1 saturated carbocycles. The van der Waals surface area contributed by atoms with E-state index in [0.29, 0.717) is 24.2 Å². The fraction of sp³-hybridized carbons (Fsp3) is 0.409. The fourth-order valence-corrected chi connectivity index (χ4v) is 4.12. The van der Waals surface area contributed by atoms with Crippen LogP contribution in [0.2, 0.25) is 0 Å². The molecule has 30 heavy (non-hydrogen) atoms. The summed E-state index contributed by atoms with van der Waals surface area (Å²) < 4.78 is 25.6. The number of nitrogens with one attached hydrogen (secondary N) is 1. The minimum absolute atomic E-state index is 0.182. The van der Waals surface area contributed by atoms with Crippen LogP contribution in [0.5, 0.6) is 0 Å². The van der Waals surface area contributed by atoms with E-state index in [4.69, 9.17) is 0 Å². The van der Waals surface area contributed by atoms with Gasteiger partial charge >= 0.3 is 0 Å². The number of hydrogen-bond donors (Lipinski definition) is 1. The van der Waals surface area contributed by atoms with Crippen LogP contribution in [-0.2, 0) is 27.7 Å². The third-order valence-corrected chi connectivity index (χ3v) is 6.68. The highest BCUT2D eigenvalue weighted by Crippen LogP contribution is 2.39. The summed E-state index contributed by atoms with van der Waals surface area (Å²) in [6.07, 6.45) is 4.09. The average molecular weight is 427 g/mol. The Bertz CT molecular complexity index is 1170. The van der Waals surface area contributed by atoms with E-state index in [2.05, 4.69) is 15.3 Å². The summed E-state index contributed by atoms with van der Waals surface area (Å²) in [5.74, 6) is 0.415. The third kappa shape index (κ3) is 4.23. The number of Topliss-reactive ketones (excluding diaryl/α,β-unsaturated/α-hetero) is 1. The van der Waals surface area contributed by atoms with Crippen LogP contribution < -0.4 is 9.62 Å². The Morgan fingerprint density at radius 1 is 1.20 bits per heavy atom. The molecule has 0 amide bonds. The maximum atomic E-state index is 12.3. The zero-order chi connectivity index (χ0) is 21.6. The number of anilines is 3. The van der Waals surface area contributed by atoms with Crippen LogP contribution in [0.1, 0.15) is 36.7 Å². The molecule has 0 spiro atoms. The van der Waals surface area contributed by atoms with Gasteiger partial charge < -0.3 is 5.32 Å². The van der Waals surface area contributed by atoms with Gasteiger partial charge in [0.15, 0.2) is 0 Å². The van der Waals surface area contributed by atoms with Crippen LogP contribution in [0.4, 0.5) is 22.7 Å². The molecule has 2 aromatic rings. The van der Waals surface area contributed by atoms with Crippen LogP contribution in [0, 0.1) is 12.8 Å². The number of benzene rings is 1. The minimum Gasteiger partial charge on any atom is -0.352 e. The third-order valence-electron chi connectivity index (χ3n) is 5.49. The number of rotatable bonds is 7. The van der Waals surface area contributed by atoms with Gasteiger partial charge in [0, 0.05) is 31.5 Å². The normalized spacial score (nSPS) is 15.5. The molecule has 1 aliphatic heterocycles. The van der Waals surface area contributed by atoms with Gasteiger partial charge in [-0.05, 0) is 50.5 Å². The molecule has 7 nitrogen and oxygen atoms in total. The Kier molecular flexibility index (Phi) is 5.13. The van der Waals surface area contributed by atoms with E-state index >= 15 is 0 Å². The standard InChI is InChI=1S/C22H26N4O3S/c1-13-5-8-17(20(9-13)26(3)30(4,28)29)25-19-11-16(12-21(27)15-6-7-15)24-18-10-14(2)23-22(18)19/h5,8-9,11,15H,6-7,10,12H2,1-4H3,(H,24,25). The largest absolute Gasteiger partial charge is 0.352 e. The predicted octanol–water partition coefficient (Wildman–Crippen LogP) is 3.70. The van der Waals surface area contributed by atoms with Gasteiger partial charge in [-0.1, -0.05) is 6.07 Å². The first kappa shape index (κ1) is 20.5. The van der Waals surface area contributed by atoms with Crippen molar-refractivity contribution in [3.63, 3.8) is 0 Å². The first-order chi connectivity index (χ1) is 14.1. The molecule has 1 aromatic heterocycles. The van der Waals surface area contributed by atoms with Gasteiger partial charge in [0.1, 0.15) is 11.5 Å². The number of aryl methyl sites for hydroxylation is 1. The lowest BCUT2D eigenvalue weighted by atomic mass is 10.1. The van der Waals surface area contributed by atoms with Crippen molar-refractivity contribution < 1.29 is 13.2 Å². The molecule has 1 aromatic carbocycles. The number of aliphatic imine (C=N–C) groups is 1. The molecule has 0 radical (unpaired) electrons. The van der Waals surface area contributed by atoms with Crippen molar-refractivity contribution in [2.75, 3.05) is 22.9 Å². The molecule has 2 aliphatic rings. The number of ketones is 1. The van der Waals surface area contributed by atoms with Crippen molar-refractivity contribution in [2.45, 2.75) is 39.5 Å². The summed E-state index contributed by atoms with van der Waals surface area (Å²) in [4.78, 5) is 21.7. The zero-order valence-corrected chi connectivity index (χ0v) is 18.5. The van der Waals surface area contributed by atoms with Crippen LogP contribution in [0.3, 0.4) is 0 Å². The molecule has 1 fully saturated rings. The fourth-order valence-electron chi connectivity index (χ4n) is 3.62. The Labute approximate surface area is 177 Å². The lowest BCUT2D eigenvalue weighted by Gasteiger charge is -2.22. The molecular formula is C22H26N4O3S. The summed E-state index contributed by atoms with van der Waals surface area (Å²) in [5, 5.41) is 3.37. The molecule has 0 atom stereocenters. The highest BCUT2D eigenvalue weighted by Gasteiger charge is 2.30. The molecule has 8 heteroatoms. The summed E-state index contributed by atoms with van der Waals surface area (Å²) in [5.41, 5.74) is 6.19. The molecule has 2 heterocycles. The summed E-state index contributed by atoms with van der Waals surface area (Å²) in [7, 11) is -1.89. The smallest absolute Gasteiger partial charge is 0.232 e. The SMILES string of the molecule is CC1=Nc2c(Nc3ccc(C)cc3N(C)S(C)(=O)=O)cc(CC(=O)C3CC3)nc2C1. The highest BCUT2D eigenvalue weighted by molar-refractivity contribution is 7.92. The van der Waals surface area contributed by atoms with Gasteiger partial charge in [-0.3, -0.25) is 19.1 Å². The van der Waals surface area contributed by atoms with Gasteiger partial charge in [-0.25, -0.2) is 8.42 Å². The molecule has 4 rings (SSSR count). The second kappa shape index (κ2) is 7.50. The van der Waals surface area contributed by atoms with Crippen LogP contribution >= 0.6 is 0 Å². The van der Waals surface area contributed by atoms with Crippen molar-refractivity contribution >= 4 is 44.3 Å². The zero-order valence-electron chi connectivity index (χ0n) is 17.7. The lowest BCUT2D eigenvalue weighted by Crippen LogP contribution is -2.25. The molecule has 0 bridgehead atoms. The Morgan fingerprint density at radius 2 is 1.93 bits per heavy atom. The van der Waals surface area contributed by atoms with E-state index in [1.165, 1.54) is 17.6 Å². The van der Waals surface area contributed by atoms with E-state index in [1.54, 1.807) is 0 Å². The molecule has 0 unspecified atom stereocenters. The quantitative estimate of drug-likeness (QED) is 0.729. The van der Waals surface area contributed by atoms with E-state index in [0.717, 1.165) is 46.9 Å². The van der Waals surface area contributed by atoms with Gasteiger partial charge in [-0.15, -0.1) is 0 Å². The van der Waals surface area contributed by atoms with Crippen molar-refractivity contribution in [1.82, 2.24) is 4.98 Å². The topological polar surface area (TPSA) is 91.7 Å². The minimum atomic E-state index is -3.43. The second-order valence-corrected chi connectivity index (χ2v) is 10.3. The van der Waals surface area contributed by atoms with Crippen LogP contribution in [0.15, 0.2) is 29.3 Å². The lowest BCUT2D eigenvalue weighted by molar-refractivity contribution is -0.119. The number of nitrogens with zero attached hydrogens (tertiary/aromatic N) is 3. The predicted molar refractivity (Wildman–Crippen MR) is 120 cm³/mol. The summed E-state index contributed by atoms with van der Waals surface area (Å²) in [6, 6.07) is 7.48. The highest BCUT2D eigenvalue weighted by atomic mass is 32.2. The van der Waals surface area contributed by atoms with E-state index in [1.807, 2.05) is 38.1 Å². The number of carbonyl (C=O) groups is 1. The molecule has 1 N–H and O–H groups in total. The molecule has 1 aliphatic carbocycles. The van der Waals surface area contributed by atoms with Crippen LogP contribution in [0.25, 0.3) is 0 Å². The number of aromatic nitrogens is 1. The number of fused-ring (bicyclic) bond motifs is 1. The number of sulfonamides is 1. The summed E-state index contributed by atoms with van der Waals surface area (Å²) >= 11 is 0. The van der Waals surface area contributed by atoms with Crippen molar-refractivity contribution in [3.05, 3.63) is 41.2 Å². The summed E-state index contributed by atoms with van der Waals surface area (Å²) in [6.45, 7) is 3.87. The monoisotopic (exact) mass is 426 g/mol. The maximum Gasteiger partial charge on any atom is 0.232 e. The van der Waals surface area contributed by atoms with Crippen molar-refractivity contribution in [3.8, 4) is 0 Å². The van der Waals surface area contributed by atoms with Crippen molar-refractivity contribution in [2.24, 2.45) is 10.9 Å². The molecule has 0 saturated heterocycles. The number of hydrogen-bond acceptors (Lipinski definition) is 6. The van der Waals surface area contributed by atoms with E-state index < -0.39 is 10.0 Å². The molecule has 158 valence electrons. The van der Waals surface area contributed by atoms with Gasteiger partial charge in [-0.2, -0.15) is 0 Å². The Hall–Kier alpha value is -2.74. The van der Waals surface area contributed by atoms with E-state index in [-0.39, 0.29) is 11.7 Å². The van der Waals surface area contributed by atoms with Gasteiger partial charge in [0.2, 0.25) is 10.0 Å². The van der Waals surface area contributed by atoms with Crippen molar-refractivity contribution in [1.29, 1.82) is 0 Å². The second-order valence-electron chi connectivity index (χ2n) is 8.27. The first-order valence-electron chi connectivity index (χ1n) is 10.0. The maximum absolute atomic E-state index is 12.3. The van der Waals surface area contributed by atoms with Crippen LogP contribution in [-0.4, -0.2) is 38.2 Å². The molecular weight excluding hydrogens is 400 g/mol. The van der Waals surface area contributed by atoms with E-state index in [9.17, 15) is 13.2 Å². The number of pyridine rings is 1. The Morgan fingerprint density at radius 3 is 2.60 bits per heavy atom. The Balaban J connectivity index is 1.74. The van der Waals surface area contributed by atoms with Gasteiger partial charge in [0.25, 0.3) is 0 Å². The number of carbonyl (C=O) groups excluding carboxylic acids is 1. The van der Waals surface area contributed by atoms with Gasteiger partial charge in [0.05, 0.1) is 34.7 Å². The average Bonchev–Trinajstić information content (AvgIpc) is 3.44.